The Labute approximate surface area is 99.8 Å². The van der Waals surface area contributed by atoms with Gasteiger partial charge in [-0.05, 0) is 64.2 Å². The number of nitrogens with one attached hydrogen (secondary N) is 1. The molecule has 3 nitrogen and oxygen atoms in total. The topological polar surface area (TPSA) is 41.3 Å². The summed E-state index contributed by atoms with van der Waals surface area (Å²) in [5, 5.41) is 3.77. The third-order valence-corrected chi connectivity index (χ3v) is 4.56. The van der Waals surface area contributed by atoms with Gasteiger partial charge in [-0.3, -0.25) is 0 Å². The van der Waals surface area contributed by atoms with Gasteiger partial charge >= 0.3 is 0 Å². The lowest BCUT2D eigenvalue weighted by Gasteiger charge is -2.41. The van der Waals surface area contributed by atoms with Gasteiger partial charge in [0, 0.05) is 12.1 Å². The second kappa shape index (κ2) is 5.03. The third-order valence-electron chi connectivity index (χ3n) is 4.56. The molecule has 2 fully saturated rings. The van der Waals surface area contributed by atoms with Crippen molar-refractivity contribution < 1.29 is 0 Å². The molecule has 3 heteroatoms. The van der Waals surface area contributed by atoms with Crippen LogP contribution >= 0.6 is 0 Å². The molecule has 0 amide bonds. The van der Waals surface area contributed by atoms with Crippen LogP contribution in [0.3, 0.4) is 0 Å². The van der Waals surface area contributed by atoms with Crippen LogP contribution in [-0.4, -0.2) is 43.7 Å². The van der Waals surface area contributed by atoms with E-state index in [2.05, 4.69) is 24.2 Å². The number of nitrogens with zero attached hydrogens (tertiary/aromatic N) is 1. The van der Waals surface area contributed by atoms with Gasteiger partial charge in [0.25, 0.3) is 0 Å². The van der Waals surface area contributed by atoms with Crippen molar-refractivity contribution in [3.05, 3.63) is 0 Å². The van der Waals surface area contributed by atoms with E-state index < -0.39 is 0 Å². The lowest BCUT2D eigenvalue weighted by molar-refractivity contribution is 0.156. The number of nitrogens with two attached hydrogens (primary N) is 1. The van der Waals surface area contributed by atoms with Gasteiger partial charge < -0.3 is 16.0 Å². The van der Waals surface area contributed by atoms with E-state index in [1.54, 1.807) is 0 Å². The van der Waals surface area contributed by atoms with Crippen LogP contribution in [0.15, 0.2) is 0 Å². The molecule has 0 radical (unpaired) electrons. The average Bonchev–Trinajstić information content (AvgIpc) is 3.12. The molecular weight excluding hydrogens is 198 g/mol. The predicted octanol–water partition coefficient (Wildman–Crippen LogP) is 1.05. The summed E-state index contributed by atoms with van der Waals surface area (Å²) >= 11 is 0. The highest BCUT2D eigenvalue weighted by Gasteiger charge is 2.34. The van der Waals surface area contributed by atoms with Crippen LogP contribution in [0.2, 0.25) is 0 Å². The monoisotopic (exact) mass is 225 g/mol. The highest BCUT2D eigenvalue weighted by Crippen LogP contribution is 2.36. The van der Waals surface area contributed by atoms with Crippen molar-refractivity contribution in [3.63, 3.8) is 0 Å². The van der Waals surface area contributed by atoms with E-state index in [-0.39, 0.29) is 5.54 Å². The van der Waals surface area contributed by atoms with E-state index >= 15 is 0 Å². The zero-order valence-electron chi connectivity index (χ0n) is 10.8. The Hall–Kier alpha value is -0.120. The van der Waals surface area contributed by atoms with Crippen molar-refractivity contribution in [2.75, 3.05) is 33.2 Å². The Balaban J connectivity index is 1.79. The SMILES string of the molecule is CC(CNC1(CN)CCN(C)CC1)C1CC1. The quantitative estimate of drug-likeness (QED) is 0.735. The van der Waals surface area contributed by atoms with Crippen LogP contribution in [0.5, 0.6) is 0 Å². The molecule has 0 aromatic carbocycles. The number of likely N-dealkylation sites (tertiary alicyclic amines) is 1. The molecule has 1 aliphatic carbocycles. The molecule has 1 saturated carbocycles. The molecule has 1 saturated heterocycles. The van der Waals surface area contributed by atoms with Gasteiger partial charge in [-0.25, -0.2) is 0 Å². The lowest BCUT2D eigenvalue weighted by atomic mass is 9.87. The molecule has 0 aromatic heterocycles. The van der Waals surface area contributed by atoms with Gasteiger partial charge in [0.15, 0.2) is 0 Å². The smallest absolute Gasteiger partial charge is 0.0328 e. The fourth-order valence-corrected chi connectivity index (χ4v) is 2.71. The molecular formula is C13H27N3. The molecule has 16 heavy (non-hydrogen) atoms. The van der Waals surface area contributed by atoms with E-state index in [9.17, 15) is 0 Å². The second-order valence-corrected chi connectivity index (χ2v) is 5.98. The highest BCUT2D eigenvalue weighted by atomic mass is 15.1. The van der Waals surface area contributed by atoms with Gasteiger partial charge in [-0.15, -0.1) is 0 Å². The summed E-state index contributed by atoms with van der Waals surface area (Å²) in [6.07, 6.45) is 5.30. The largest absolute Gasteiger partial charge is 0.329 e. The maximum Gasteiger partial charge on any atom is 0.0328 e. The summed E-state index contributed by atoms with van der Waals surface area (Å²) in [5.41, 5.74) is 6.21. The number of hydrogen-bond donors (Lipinski definition) is 2. The Morgan fingerprint density at radius 3 is 2.50 bits per heavy atom. The Morgan fingerprint density at radius 2 is 2.00 bits per heavy atom. The van der Waals surface area contributed by atoms with Gasteiger partial charge in [0.05, 0.1) is 0 Å². The molecule has 94 valence electrons. The van der Waals surface area contributed by atoms with Crippen molar-refractivity contribution >= 4 is 0 Å². The second-order valence-electron chi connectivity index (χ2n) is 5.98. The zero-order valence-corrected chi connectivity index (χ0v) is 10.8. The van der Waals surface area contributed by atoms with Gasteiger partial charge in [0.1, 0.15) is 0 Å². The van der Waals surface area contributed by atoms with Crippen molar-refractivity contribution in [1.82, 2.24) is 10.2 Å². The summed E-state index contributed by atoms with van der Waals surface area (Å²) < 4.78 is 0. The maximum atomic E-state index is 5.98. The predicted molar refractivity (Wildman–Crippen MR) is 68.4 cm³/mol. The standard InChI is InChI=1S/C13H27N3/c1-11(12-3-4-12)9-15-13(10-14)5-7-16(2)8-6-13/h11-12,15H,3-10,14H2,1-2H3. The Morgan fingerprint density at radius 1 is 1.38 bits per heavy atom. The first-order chi connectivity index (χ1) is 7.65. The van der Waals surface area contributed by atoms with Gasteiger partial charge in [-0.1, -0.05) is 6.92 Å². The fraction of sp³-hybridized carbons (Fsp3) is 1.00. The van der Waals surface area contributed by atoms with E-state index in [0.29, 0.717) is 0 Å². The highest BCUT2D eigenvalue weighted by molar-refractivity contribution is 4.94. The third kappa shape index (κ3) is 2.96. The molecule has 1 aliphatic heterocycles. The van der Waals surface area contributed by atoms with Gasteiger partial charge in [-0.2, -0.15) is 0 Å². The first-order valence-electron chi connectivity index (χ1n) is 6.79. The Kier molecular flexibility index (Phi) is 3.88. The van der Waals surface area contributed by atoms with E-state index in [1.165, 1.54) is 38.8 Å². The molecule has 1 unspecified atom stereocenters. The van der Waals surface area contributed by atoms with Crippen LogP contribution in [0, 0.1) is 11.8 Å². The lowest BCUT2D eigenvalue weighted by Crippen LogP contribution is -2.58. The maximum absolute atomic E-state index is 5.98. The molecule has 1 atom stereocenters. The summed E-state index contributed by atoms with van der Waals surface area (Å²) in [4.78, 5) is 2.40. The fourth-order valence-electron chi connectivity index (χ4n) is 2.71. The van der Waals surface area contributed by atoms with Crippen LogP contribution in [0.4, 0.5) is 0 Å². The molecule has 0 bridgehead atoms. The van der Waals surface area contributed by atoms with Crippen molar-refractivity contribution in [3.8, 4) is 0 Å². The first-order valence-corrected chi connectivity index (χ1v) is 6.79. The van der Waals surface area contributed by atoms with Crippen LogP contribution in [-0.2, 0) is 0 Å². The van der Waals surface area contributed by atoms with Crippen molar-refractivity contribution in [2.24, 2.45) is 17.6 Å². The van der Waals surface area contributed by atoms with Crippen LogP contribution in [0.25, 0.3) is 0 Å². The summed E-state index contributed by atoms with van der Waals surface area (Å²) in [5.74, 6) is 1.83. The molecule has 1 heterocycles. The molecule has 3 N–H and O–H groups in total. The van der Waals surface area contributed by atoms with Crippen molar-refractivity contribution in [1.29, 1.82) is 0 Å². The van der Waals surface area contributed by atoms with Crippen LogP contribution < -0.4 is 11.1 Å². The van der Waals surface area contributed by atoms with Gasteiger partial charge in [0.2, 0.25) is 0 Å². The number of piperidine rings is 1. The molecule has 0 aromatic rings. The molecule has 2 aliphatic rings. The first kappa shape index (κ1) is 12.3. The van der Waals surface area contributed by atoms with Crippen LogP contribution in [0.1, 0.15) is 32.6 Å². The average molecular weight is 225 g/mol. The van der Waals surface area contributed by atoms with E-state index in [1.807, 2.05) is 0 Å². The van der Waals surface area contributed by atoms with Crippen molar-refractivity contribution in [2.45, 2.75) is 38.1 Å². The normalized spacial score (nSPS) is 27.9. The van der Waals surface area contributed by atoms with E-state index in [0.717, 1.165) is 24.9 Å². The number of rotatable bonds is 5. The molecule has 2 rings (SSSR count). The minimum absolute atomic E-state index is 0.232. The molecule has 0 spiro atoms. The summed E-state index contributed by atoms with van der Waals surface area (Å²) in [6.45, 7) is 6.69. The summed E-state index contributed by atoms with van der Waals surface area (Å²) in [7, 11) is 2.20. The summed E-state index contributed by atoms with van der Waals surface area (Å²) in [6, 6.07) is 0. The zero-order chi connectivity index (χ0) is 11.6. The minimum Gasteiger partial charge on any atom is -0.329 e. The number of hydrogen-bond acceptors (Lipinski definition) is 3. The Bertz CT molecular complexity index is 217. The minimum atomic E-state index is 0.232. The van der Waals surface area contributed by atoms with E-state index in [4.69, 9.17) is 5.73 Å².